The number of amides is 2. The molecule has 0 aliphatic carbocycles. The van der Waals surface area contributed by atoms with E-state index in [4.69, 9.17) is 0 Å². The Morgan fingerprint density at radius 1 is 1.11 bits per heavy atom. The number of thioether (sulfide) groups is 1. The topological polar surface area (TPSA) is 108 Å². The largest absolute Gasteiger partial charge is 0.573 e. The number of carbonyl (C=O) groups is 1. The van der Waals surface area contributed by atoms with Gasteiger partial charge in [-0.15, -0.1) is 18.3 Å². The number of hydrogen-bond acceptors (Lipinski definition) is 6. The Hall–Kier alpha value is -4.83. The lowest BCUT2D eigenvalue weighted by Crippen LogP contribution is -2.30. The lowest BCUT2D eigenvalue weighted by Gasteiger charge is -2.23. The summed E-state index contributed by atoms with van der Waals surface area (Å²) in [4.78, 5) is 23.4. The van der Waals surface area contributed by atoms with Gasteiger partial charge in [0, 0.05) is 30.1 Å². The molecule has 226 valence electrons. The normalized spacial score (nSPS) is 14.8. The first-order valence-corrected chi connectivity index (χ1v) is 14.6. The molecular formula is C31H28F3N7O2S. The lowest BCUT2D eigenvalue weighted by atomic mass is 9.99. The van der Waals surface area contributed by atoms with Crippen LogP contribution >= 0.6 is 11.8 Å². The highest BCUT2D eigenvalue weighted by atomic mass is 32.2. The first kappa shape index (κ1) is 30.6. The molecule has 0 spiro atoms. The number of amidine groups is 1. The highest BCUT2D eigenvalue weighted by molar-refractivity contribution is 8.14. The van der Waals surface area contributed by atoms with Crippen LogP contribution in [0.3, 0.4) is 0 Å². The summed E-state index contributed by atoms with van der Waals surface area (Å²) in [5.41, 5.74) is 6.38. The molecule has 4 aromatic rings. The number of carbonyl (C=O) groups excluding carboxylic acids is 1. The van der Waals surface area contributed by atoms with E-state index < -0.39 is 18.3 Å². The number of urea groups is 1. The fourth-order valence-electron chi connectivity index (χ4n) is 5.04. The van der Waals surface area contributed by atoms with Crippen LogP contribution in [0.15, 0.2) is 72.0 Å². The summed E-state index contributed by atoms with van der Waals surface area (Å²) in [5.74, 6) is 0.273. The van der Waals surface area contributed by atoms with Gasteiger partial charge in [0.15, 0.2) is 11.0 Å². The molecular weight excluding hydrogens is 591 g/mol. The van der Waals surface area contributed by atoms with Crippen LogP contribution < -0.4 is 15.0 Å². The number of anilines is 1. The minimum absolute atomic E-state index is 0.0830. The van der Waals surface area contributed by atoms with E-state index in [9.17, 15) is 23.2 Å². The maximum absolute atomic E-state index is 12.8. The van der Waals surface area contributed by atoms with E-state index in [-0.39, 0.29) is 12.3 Å². The van der Waals surface area contributed by atoms with Crippen LogP contribution in [-0.2, 0) is 0 Å². The number of aryl methyl sites for hydroxylation is 3. The molecule has 44 heavy (non-hydrogen) atoms. The maximum atomic E-state index is 12.8. The third-order valence-corrected chi connectivity index (χ3v) is 7.85. The van der Waals surface area contributed by atoms with Crippen molar-refractivity contribution in [2.45, 2.75) is 33.1 Å². The quantitative estimate of drug-likeness (QED) is 0.246. The van der Waals surface area contributed by atoms with Crippen LogP contribution in [0.5, 0.6) is 5.75 Å². The van der Waals surface area contributed by atoms with E-state index in [2.05, 4.69) is 69.0 Å². The molecule has 0 bridgehead atoms. The first-order chi connectivity index (χ1) is 21.0. The summed E-state index contributed by atoms with van der Waals surface area (Å²) in [7, 11) is 0. The second-order valence-corrected chi connectivity index (χ2v) is 11.2. The van der Waals surface area contributed by atoms with E-state index in [1.807, 2.05) is 0 Å². The van der Waals surface area contributed by atoms with Crippen molar-refractivity contribution in [2.24, 2.45) is 4.99 Å². The van der Waals surface area contributed by atoms with Gasteiger partial charge in [-0.05, 0) is 61.7 Å². The van der Waals surface area contributed by atoms with Crippen molar-refractivity contribution in [3.63, 3.8) is 0 Å². The summed E-state index contributed by atoms with van der Waals surface area (Å²) in [6, 6.07) is 18.3. The number of nitrogens with one attached hydrogen (secondary N) is 1. The Kier molecular flexibility index (Phi) is 8.91. The van der Waals surface area contributed by atoms with E-state index >= 15 is 0 Å². The van der Waals surface area contributed by atoms with Crippen molar-refractivity contribution < 1.29 is 22.7 Å². The highest BCUT2D eigenvalue weighted by Gasteiger charge is 2.31. The molecule has 9 nitrogen and oxygen atoms in total. The molecule has 5 rings (SSSR count). The number of alkyl halides is 3. The van der Waals surface area contributed by atoms with Crippen molar-refractivity contribution in [1.82, 2.24) is 20.1 Å². The van der Waals surface area contributed by atoms with Gasteiger partial charge >= 0.3 is 12.4 Å². The van der Waals surface area contributed by atoms with Gasteiger partial charge in [-0.1, -0.05) is 53.7 Å². The number of aromatic nitrogens is 3. The Morgan fingerprint density at radius 2 is 1.80 bits per heavy atom. The predicted octanol–water partition coefficient (Wildman–Crippen LogP) is 6.68. The van der Waals surface area contributed by atoms with Crippen LogP contribution in [-0.4, -0.2) is 51.2 Å². The van der Waals surface area contributed by atoms with E-state index in [0.717, 1.165) is 29.1 Å². The number of hydrogen-bond donors (Lipinski definition) is 1. The van der Waals surface area contributed by atoms with E-state index in [1.165, 1.54) is 52.6 Å². The zero-order chi connectivity index (χ0) is 31.4. The predicted molar refractivity (Wildman–Crippen MR) is 163 cm³/mol. The molecule has 0 saturated carbocycles. The van der Waals surface area contributed by atoms with Crippen molar-refractivity contribution in [3.05, 3.63) is 89.2 Å². The van der Waals surface area contributed by atoms with Crippen LogP contribution in [0.25, 0.3) is 17.1 Å². The Bertz CT molecular complexity index is 1710. The van der Waals surface area contributed by atoms with Crippen LogP contribution in [0.1, 0.15) is 28.2 Å². The highest BCUT2D eigenvalue weighted by Crippen LogP contribution is 2.32. The molecule has 13 heteroatoms. The van der Waals surface area contributed by atoms with Gasteiger partial charge in [-0.25, -0.2) is 14.5 Å². The third kappa shape index (κ3) is 7.20. The van der Waals surface area contributed by atoms with Gasteiger partial charge in [0.05, 0.1) is 17.7 Å². The molecule has 1 saturated heterocycles. The first-order valence-electron chi connectivity index (χ1n) is 13.6. The molecule has 1 atom stereocenters. The molecule has 1 aromatic heterocycles. The zero-order valence-electron chi connectivity index (χ0n) is 24.1. The number of rotatable bonds is 7. The fourth-order valence-corrected chi connectivity index (χ4v) is 5.98. The average Bonchev–Trinajstić information content (AvgIpc) is 3.63. The summed E-state index contributed by atoms with van der Waals surface area (Å²) in [5, 5.41) is 17.6. The molecule has 1 fully saturated rings. The molecule has 2 heterocycles. The minimum atomic E-state index is -4.77. The molecule has 0 radical (unpaired) electrons. The number of benzene rings is 3. The third-order valence-electron chi connectivity index (χ3n) is 6.89. The summed E-state index contributed by atoms with van der Waals surface area (Å²) >= 11 is 1.52. The van der Waals surface area contributed by atoms with Gasteiger partial charge in [0.25, 0.3) is 0 Å². The second kappa shape index (κ2) is 12.8. The smallest absolute Gasteiger partial charge is 0.406 e. The van der Waals surface area contributed by atoms with Crippen molar-refractivity contribution in [1.29, 1.82) is 5.26 Å². The number of nitriles is 1. The maximum Gasteiger partial charge on any atom is 0.573 e. The summed E-state index contributed by atoms with van der Waals surface area (Å²) < 4.78 is 42.6. The number of nitrogens with zero attached hydrogens (tertiary/aromatic N) is 6. The summed E-state index contributed by atoms with van der Waals surface area (Å²) in [6.07, 6.45) is -3.32. The fraction of sp³-hybridized carbons (Fsp3) is 0.258. The Balaban J connectivity index is 1.21. The van der Waals surface area contributed by atoms with Gasteiger partial charge in [0.2, 0.25) is 0 Å². The number of aliphatic imine (C=N–C) groups is 1. The minimum Gasteiger partial charge on any atom is -0.406 e. The summed E-state index contributed by atoms with van der Waals surface area (Å²) in [6.45, 7) is 7.00. The second-order valence-electron chi connectivity index (χ2n) is 10.2. The van der Waals surface area contributed by atoms with Gasteiger partial charge in [-0.2, -0.15) is 10.3 Å². The Labute approximate surface area is 256 Å². The molecule has 3 aromatic carbocycles. The number of ether oxygens (including phenoxy) is 1. The molecule has 1 unspecified atom stereocenters. The lowest BCUT2D eigenvalue weighted by molar-refractivity contribution is -0.274. The van der Waals surface area contributed by atoms with E-state index in [1.54, 1.807) is 24.3 Å². The molecule has 1 N–H and O–H groups in total. The van der Waals surface area contributed by atoms with Crippen LogP contribution in [0.4, 0.5) is 23.7 Å². The van der Waals surface area contributed by atoms with Crippen molar-refractivity contribution in [2.75, 3.05) is 23.7 Å². The monoisotopic (exact) mass is 619 g/mol. The SMILES string of the molecule is Cc1cc(C)c(N2CCSC2=NC(=O)NCC(C#N)c2ccc(-c3ncn(-c4ccc(OC(F)(F)F)cc4)n3)cc2)c(C)c1. The molecule has 1 aliphatic heterocycles. The number of halogens is 3. The van der Waals surface area contributed by atoms with Crippen LogP contribution in [0, 0.1) is 32.1 Å². The van der Waals surface area contributed by atoms with E-state index in [0.29, 0.717) is 27.8 Å². The van der Waals surface area contributed by atoms with Gasteiger partial charge < -0.3 is 15.0 Å². The van der Waals surface area contributed by atoms with Crippen LogP contribution in [0.2, 0.25) is 0 Å². The molecule has 1 aliphatic rings. The average molecular weight is 620 g/mol. The Morgan fingerprint density at radius 3 is 2.43 bits per heavy atom. The van der Waals surface area contributed by atoms with Crippen molar-refractivity contribution in [3.8, 4) is 28.9 Å². The molecule has 2 amide bonds. The van der Waals surface area contributed by atoms with Gasteiger partial charge in [-0.3, -0.25) is 0 Å². The standard InChI is InChI=1S/C31H28F3N7O2S/c1-19-14-20(2)27(21(3)15-19)40-12-13-44-30(40)38-29(42)36-17-24(16-35)22-4-6-23(7-5-22)28-37-18-41(39-28)25-8-10-26(11-9-25)43-31(32,33)34/h4-11,14-15,18,24H,12-13,17H2,1-3H3,(H,36,42). The van der Waals surface area contributed by atoms with Crippen molar-refractivity contribution >= 4 is 28.6 Å². The van der Waals surface area contributed by atoms with Gasteiger partial charge in [0.1, 0.15) is 12.1 Å². The zero-order valence-corrected chi connectivity index (χ0v) is 24.9.